The van der Waals surface area contributed by atoms with Crippen molar-refractivity contribution in [1.82, 2.24) is 20.1 Å². The molecule has 3 heterocycles. The lowest BCUT2D eigenvalue weighted by Gasteiger charge is -2.30. The third-order valence-corrected chi connectivity index (χ3v) is 5.79. The van der Waals surface area contributed by atoms with Crippen molar-refractivity contribution < 1.29 is 9.90 Å². The summed E-state index contributed by atoms with van der Waals surface area (Å²) >= 11 is 1.29. The lowest BCUT2D eigenvalue weighted by molar-refractivity contribution is 0.0699. The number of carboxylic acid groups (broad SMARTS) is 1. The molecule has 6 nitrogen and oxygen atoms in total. The van der Waals surface area contributed by atoms with Crippen molar-refractivity contribution in [2.45, 2.75) is 25.3 Å². The van der Waals surface area contributed by atoms with Gasteiger partial charge in [-0.15, -0.1) is 11.3 Å². The number of nitrogens with one attached hydrogen (secondary N) is 1. The molecule has 0 radical (unpaired) electrons. The van der Waals surface area contributed by atoms with Crippen molar-refractivity contribution in [3.63, 3.8) is 0 Å². The second-order valence-corrected chi connectivity index (χ2v) is 7.46. The van der Waals surface area contributed by atoms with Gasteiger partial charge in [0.1, 0.15) is 10.7 Å². The Labute approximate surface area is 155 Å². The summed E-state index contributed by atoms with van der Waals surface area (Å²) in [5.41, 5.74) is 1.93. The molecular weight excluding hydrogens is 348 g/mol. The molecule has 0 spiro atoms. The van der Waals surface area contributed by atoms with E-state index in [9.17, 15) is 9.90 Å². The van der Waals surface area contributed by atoms with Gasteiger partial charge in [-0.3, -0.25) is 10.00 Å². The molecule has 1 aliphatic rings. The van der Waals surface area contributed by atoms with Gasteiger partial charge in [-0.05, 0) is 42.9 Å². The van der Waals surface area contributed by atoms with Crippen molar-refractivity contribution in [3.8, 4) is 11.4 Å². The first-order chi connectivity index (χ1) is 12.7. The first-order valence-electron chi connectivity index (χ1n) is 8.70. The van der Waals surface area contributed by atoms with E-state index in [4.69, 9.17) is 0 Å². The number of hydrogen-bond donors (Lipinski definition) is 2. The van der Waals surface area contributed by atoms with Crippen LogP contribution in [0, 0.1) is 0 Å². The summed E-state index contributed by atoms with van der Waals surface area (Å²) in [6.07, 6.45) is 1.99. The van der Waals surface area contributed by atoms with E-state index < -0.39 is 5.97 Å². The molecule has 0 aliphatic carbocycles. The Balaban J connectivity index is 1.37. The quantitative estimate of drug-likeness (QED) is 0.719. The topological polar surface area (TPSA) is 82.1 Å². The lowest BCUT2D eigenvalue weighted by atomic mass is 9.96. The van der Waals surface area contributed by atoms with E-state index >= 15 is 0 Å². The summed E-state index contributed by atoms with van der Waals surface area (Å²) in [5, 5.41) is 18.6. The highest BCUT2D eigenvalue weighted by atomic mass is 32.1. The van der Waals surface area contributed by atoms with E-state index in [-0.39, 0.29) is 0 Å². The molecule has 0 bridgehead atoms. The van der Waals surface area contributed by atoms with Crippen molar-refractivity contribution in [2.75, 3.05) is 13.1 Å². The Morgan fingerprint density at radius 3 is 2.73 bits per heavy atom. The van der Waals surface area contributed by atoms with Crippen LogP contribution in [-0.2, 0) is 6.54 Å². The monoisotopic (exact) mass is 368 g/mol. The van der Waals surface area contributed by atoms with E-state index in [1.807, 2.05) is 41.8 Å². The number of aromatic nitrogens is 3. The summed E-state index contributed by atoms with van der Waals surface area (Å²) in [6, 6.07) is 11.9. The molecule has 7 heteroatoms. The zero-order valence-electron chi connectivity index (χ0n) is 14.3. The molecule has 26 heavy (non-hydrogen) atoms. The van der Waals surface area contributed by atoms with Gasteiger partial charge < -0.3 is 5.11 Å². The second-order valence-electron chi connectivity index (χ2n) is 6.54. The van der Waals surface area contributed by atoms with E-state index in [1.54, 1.807) is 0 Å². The summed E-state index contributed by atoms with van der Waals surface area (Å²) in [5.74, 6) is 1.23. The van der Waals surface area contributed by atoms with Crippen molar-refractivity contribution in [2.24, 2.45) is 0 Å². The number of H-pyrrole nitrogens is 1. The molecule has 0 unspecified atom stereocenters. The number of hydrogen-bond acceptors (Lipinski definition) is 5. The van der Waals surface area contributed by atoms with Crippen LogP contribution in [0.5, 0.6) is 0 Å². The van der Waals surface area contributed by atoms with Crippen LogP contribution in [0.1, 0.15) is 39.8 Å². The third kappa shape index (κ3) is 3.54. The molecule has 1 aliphatic heterocycles. The molecule has 134 valence electrons. The van der Waals surface area contributed by atoms with E-state index in [2.05, 4.69) is 20.1 Å². The normalized spacial score (nSPS) is 16.0. The average Bonchev–Trinajstić information content (AvgIpc) is 3.33. The van der Waals surface area contributed by atoms with Crippen LogP contribution in [0.3, 0.4) is 0 Å². The summed E-state index contributed by atoms with van der Waals surface area (Å²) in [7, 11) is 0. The Morgan fingerprint density at radius 2 is 2.00 bits per heavy atom. The zero-order chi connectivity index (χ0) is 17.9. The number of aromatic carboxylic acids is 1. The highest BCUT2D eigenvalue weighted by Gasteiger charge is 2.24. The predicted molar refractivity (Wildman–Crippen MR) is 100 cm³/mol. The third-order valence-electron chi connectivity index (χ3n) is 4.84. The number of aromatic amines is 1. The Bertz CT molecular complexity index is 882. The minimum atomic E-state index is -0.833. The van der Waals surface area contributed by atoms with Gasteiger partial charge in [-0.2, -0.15) is 5.10 Å². The molecule has 3 aromatic rings. The largest absolute Gasteiger partial charge is 0.477 e. The maximum atomic E-state index is 11.3. The first kappa shape index (κ1) is 16.9. The smallest absolute Gasteiger partial charge is 0.346 e. The van der Waals surface area contributed by atoms with Crippen LogP contribution < -0.4 is 0 Å². The van der Waals surface area contributed by atoms with Gasteiger partial charge in [0.15, 0.2) is 5.82 Å². The van der Waals surface area contributed by atoms with Crippen LogP contribution >= 0.6 is 11.3 Å². The minimum absolute atomic E-state index is 0.373. The minimum Gasteiger partial charge on any atom is -0.477 e. The molecule has 0 amide bonds. The maximum Gasteiger partial charge on any atom is 0.346 e. The fourth-order valence-corrected chi connectivity index (χ4v) is 4.18. The number of piperidine rings is 1. The summed E-state index contributed by atoms with van der Waals surface area (Å²) in [4.78, 5) is 18.7. The van der Waals surface area contributed by atoms with Crippen LogP contribution in [0.15, 0.2) is 41.8 Å². The highest BCUT2D eigenvalue weighted by molar-refractivity contribution is 7.12. The molecule has 4 rings (SSSR count). The Hall–Kier alpha value is -2.51. The number of carboxylic acids is 1. The molecule has 2 aromatic heterocycles. The fraction of sp³-hybridized carbons (Fsp3) is 0.316. The molecule has 1 fully saturated rings. The number of likely N-dealkylation sites (tertiary alicyclic amines) is 1. The summed E-state index contributed by atoms with van der Waals surface area (Å²) < 4.78 is 0. The van der Waals surface area contributed by atoms with Gasteiger partial charge >= 0.3 is 5.97 Å². The molecule has 0 saturated carbocycles. The summed E-state index contributed by atoms with van der Waals surface area (Å²) in [6.45, 7) is 2.56. The van der Waals surface area contributed by atoms with E-state index in [0.717, 1.165) is 48.7 Å². The first-order valence-corrected chi connectivity index (χ1v) is 9.58. The van der Waals surface area contributed by atoms with Gasteiger partial charge in [0.25, 0.3) is 0 Å². The van der Waals surface area contributed by atoms with Gasteiger partial charge in [-0.1, -0.05) is 30.3 Å². The van der Waals surface area contributed by atoms with Gasteiger partial charge in [0.2, 0.25) is 0 Å². The van der Waals surface area contributed by atoms with Crippen molar-refractivity contribution in [3.05, 3.63) is 58.0 Å². The van der Waals surface area contributed by atoms with Crippen LogP contribution in [-0.4, -0.2) is 44.2 Å². The Kier molecular flexibility index (Phi) is 4.81. The highest BCUT2D eigenvalue weighted by Crippen LogP contribution is 2.28. The van der Waals surface area contributed by atoms with Crippen molar-refractivity contribution in [1.29, 1.82) is 0 Å². The van der Waals surface area contributed by atoms with E-state index in [1.165, 1.54) is 11.3 Å². The fourth-order valence-electron chi connectivity index (χ4n) is 3.43. The molecule has 1 aromatic carbocycles. The number of carbonyl (C=O) groups is 1. The maximum absolute atomic E-state index is 11.3. The predicted octanol–water partition coefficient (Wildman–Crippen LogP) is 3.61. The van der Waals surface area contributed by atoms with E-state index in [0.29, 0.717) is 17.3 Å². The standard InChI is InChI=1S/C19H20N4O2S/c24-19(25)16-15(8-11-26-16)12-23-9-6-14(7-10-23)18-20-17(21-22-18)13-4-2-1-3-5-13/h1-5,8,11,14H,6-7,9-10,12H2,(H,24,25)(H,20,21,22). The van der Waals surface area contributed by atoms with Crippen LogP contribution in [0.4, 0.5) is 0 Å². The molecular formula is C19H20N4O2S. The van der Waals surface area contributed by atoms with Crippen LogP contribution in [0.2, 0.25) is 0 Å². The number of benzene rings is 1. The molecule has 0 atom stereocenters. The molecule has 2 N–H and O–H groups in total. The van der Waals surface area contributed by atoms with Gasteiger partial charge in [0, 0.05) is 18.0 Å². The second kappa shape index (κ2) is 7.39. The van der Waals surface area contributed by atoms with Crippen molar-refractivity contribution >= 4 is 17.3 Å². The lowest BCUT2D eigenvalue weighted by Crippen LogP contribution is -2.33. The van der Waals surface area contributed by atoms with Gasteiger partial charge in [0.05, 0.1) is 0 Å². The van der Waals surface area contributed by atoms with Gasteiger partial charge in [-0.25, -0.2) is 9.78 Å². The molecule has 1 saturated heterocycles. The number of thiophene rings is 1. The Morgan fingerprint density at radius 1 is 1.23 bits per heavy atom. The number of nitrogens with zero attached hydrogens (tertiary/aromatic N) is 3. The zero-order valence-corrected chi connectivity index (χ0v) is 15.1. The average molecular weight is 368 g/mol. The van der Waals surface area contributed by atoms with Crippen LogP contribution in [0.25, 0.3) is 11.4 Å². The SMILES string of the molecule is O=C(O)c1sccc1CN1CCC(c2nc(-c3ccccc3)n[nH]2)CC1. The number of rotatable bonds is 5.